The lowest BCUT2D eigenvalue weighted by Gasteiger charge is -2.04. The average molecular weight is 338 g/mol. The molecule has 0 aliphatic carbocycles. The lowest BCUT2D eigenvalue weighted by atomic mass is 10.1. The number of aromatic nitrogens is 4. The SMILES string of the molecule is Cc1ccc2nc(-c3ccccc3-c3nc4ccc(C)cc4[nH]3)[nH]c2c1. The number of imidazole rings is 2. The van der Waals surface area contributed by atoms with Gasteiger partial charge in [-0.2, -0.15) is 0 Å². The van der Waals surface area contributed by atoms with Crippen LogP contribution in [0.3, 0.4) is 0 Å². The third-order valence-corrected chi connectivity index (χ3v) is 4.71. The van der Waals surface area contributed by atoms with Crippen molar-refractivity contribution >= 4 is 22.1 Å². The lowest BCUT2D eigenvalue weighted by Crippen LogP contribution is -1.88. The van der Waals surface area contributed by atoms with Crippen LogP contribution >= 0.6 is 0 Å². The molecule has 0 bridgehead atoms. The molecule has 4 heteroatoms. The van der Waals surface area contributed by atoms with Gasteiger partial charge in [-0.25, -0.2) is 9.97 Å². The molecule has 0 amide bonds. The van der Waals surface area contributed by atoms with Crippen LogP contribution < -0.4 is 0 Å². The van der Waals surface area contributed by atoms with Gasteiger partial charge in [-0.05, 0) is 49.2 Å². The minimum absolute atomic E-state index is 0.859. The van der Waals surface area contributed by atoms with E-state index < -0.39 is 0 Å². The van der Waals surface area contributed by atoms with Gasteiger partial charge in [0.1, 0.15) is 11.6 Å². The molecule has 0 atom stereocenters. The van der Waals surface area contributed by atoms with Gasteiger partial charge in [0.15, 0.2) is 0 Å². The number of H-pyrrole nitrogens is 2. The van der Waals surface area contributed by atoms with Gasteiger partial charge in [0.25, 0.3) is 0 Å². The minimum Gasteiger partial charge on any atom is -0.338 e. The standard InChI is InChI=1S/C22H18N4/c1-13-7-9-17-19(11-13)25-21(23-17)15-5-3-4-6-16(15)22-24-18-10-8-14(2)12-20(18)26-22/h3-12H,1-2H3,(H,23,25)(H,24,26). The molecule has 26 heavy (non-hydrogen) atoms. The Labute approximate surface area is 150 Å². The molecular formula is C22H18N4. The second-order valence-electron chi connectivity index (χ2n) is 6.76. The predicted octanol–water partition coefficient (Wildman–Crippen LogP) is 5.39. The summed E-state index contributed by atoms with van der Waals surface area (Å²) >= 11 is 0. The molecule has 0 aliphatic heterocycles. The van der Waals surface area contributed by atoms with Crippen molar-refractivity contribution in [3.8, 4) is 22.8 Å². The zero-order valence-electron chi connectivity index (χ0n) is 14.7. The highest BCUT2D eigenvalue weighted by molar-refractivity contribution is 5.87. The van der Waals surface area contributed by atoms with E-state index in [9.17, 15) is 0 Å². The van der Waals surface area contributed by atoms with Crippen molar-refractivity contribution in [2.45, 2.75) is 13.8 Å². The molecule has 5 rings (SSSR count). The summed E-state index contributed by atoms with van der Waals surface area (Å²) in [6, 6.07) is 20.7. The molecule has 0 unspecified atom stereocenters. The Hall–Kier alpha value is -3.40. The van der Waals surface area contributed by atoms with Crippen LogP contribution in [0.15, 0.2) is 60.7 Å². The maximum absolute atomic E-state index is 4.78. The van der Waals surface area contributed by atoms with Gasteiger partial charge in [0.2, 0.25) is 0 Å². The molecule has 0 spiro atoms. The normalized spacial score (nSPS) is 11.5. The van der Waals surface area contributed by atoms with Crippen LogP contribution in [0, 0.1) is 13.8 Å². The number of aromatic amines is 2. The minimum atomic E-state index is 0.859. The number of nitrogens with zero attached hydrogens (tertiary/aromatic N) is 2. The third kappa shape index (κ3) is 2.39. The Balaban J connectivity index is 1.70. The highest BCUT2D eigenvalue weighted by Crippen LogP contribution is 2.31. The van der Waals surface area contributed by atoms with Crippen molar-refractivity contribution in [3.05, 3.63) is 71.8 Å². The highest BCUT2D eigenvalue weighted by atomic mass is 14.9. The van der Waals surface area contributed by atoms with Crippen LogP contribution in [0.5, 0.6) is 0 Å². The van der Waals surface area contributed by atoms with Crippen molar-refractivity contribution in [1.82, 2.24) is 19.9 Å². The fraction of sp³-hybridized carbons (Fsp3) is 0.0909. The summed E-state index contributed by atoms with van der Waals surface area (Å²) in [7, 11) is 0. The van der Waals surface area contributed by atoms with Gasteiger partial charge in [0.05, 0.1) is 22.1 Å². The summed E-state index contributed by atoms with van der Waals surface area (Å²) in [6.45, 7) is 4.18. The van der Waals surface area contributed by atoms with E-state index in [1.807, 2.05) is 12.1 Å². The molecule has 0 aliphatic rings. The summed E-state index contributed by atoms with van der Waals surface area (Å²) in [5, 5.41) is 0. The van der Waals surface area contributed by atoms with Gasteiger partial charge < -0.3 is 9.97 Å². The van der Waals surface area contributed by atoms with Crippen molar-refractivity contribution in [3.63, 3.8) is 0 Å². The fourth-order valence-electron chi connectivity index (χ4n) is 3.40. The van der Waals surface area contributed by atoms with Crippen molar-refractivity contribution in [2.75, 3.05) is 0 Å². The summed E-state index contributed by atoms with van der Waals surface area (Å²) in [6.07, 6.45) is 0. The molecule has 0 radical (unpaired) electrons. The first-order chi connectivity index (χ1) is 12.7. The first-order valence-electron chi connectivity index (χ1n) is 8.70. The highest BCUT2D eigenvalue weighted by Gasteiger charge is 2.14. The topological polar surface area (TPSA) is 57.4 Å². The smallest absolute Gasteiger partial charge is 0.139 e. The summed E-state index contributed by atoms with van der Waals surface area (Å²) < 4.78 is 0. The first kappa shape index (κ1) is 14.9. The van der Waals surface area contributed by atoms with E-state index >= 15 is 0 Å². The molecule has 0 saturated heterocycles. The quantitative estimate of drug-likeness (QED) is 0.453. The Bertz CT molecular complexity index is 1160. The Morgan fingerprint density at radius 2 is 1.08 bits per heavy atom. The molecule has 126 valence electrons. The van der Waals surface area contributed by atoms with Crippen molar-refractivity contribution in [1.29, 1.82) is 0 Å². The van der Waals surface area contributed by atoms with Crippen LogP contribution in [0.2, 0.25) is 0 Å². The van der Waals surface area contributed by atoms with Crippen LogP contribution in [-0.2, 0) is 0 Å². The summed E-state index contributed by atoms with van der Waals surface area (Å²) in [5.41, 5.74) is 8.56. The number of hydrogen-bond donors (Lipinski definition) is 2. The first-order valence-corrected chi connectivity index (χ1v) is 8.70. The average Bonchev–Trinajstić information content (AvgIpc) is 3.24. The number of hydrogen-bond acceptors (Lipinski definition) is 2. The van der Waals surface area contributed by atoms with E-state index in [2.05, 4.69) is 72.3 Å². The zero-order chi connectivity index (χ0) is 17.7. The number of nitrogens with one attached hydrogen (secondary N) is 2. The van der Waals surface area contributed by atoms with E-state index in [1.54, 1.807) is 0 Å². The largest absolute Gasteiger partial charge is 0.338 e. The molecule has 2 N–H and O–H groups in total. The molecule has 2 heterocycles. The van der Waals surface area contributed by atoms with Crippen LogP contribution in [0.4, 0.5) is 0 Å². The Kier molecular flexibility index (Phi) is 3.19. The lowest BCUT2D eigenvalue weighted by molar-refractivity contribution is 1.30. The predicted molar refractivity (Wildman–Crippen MR) is 106 cm³/mol. The second-order valence-corrected chi connectivity index (χ2v) is 6.76. The van der Waals surface area contributed by atoms with Gasteiger partial charge in [-0.3, -0.25) is 0 Å². The molecule has 0 saturated carbocycles. The van der Waals surface area contributed by atoms with E-state index in [0.29, 0.717) is 0 Å². The number of aryl methyl sites for hydroxylation is 2. The molecule has 2 aromatic heterocycles. The maximum Gasteiger partial charge on any atom is 0.139 e. The van der Waals surface area contributed by atoms with Crippen molar-refractivity contribution in [2.24, 2.45) is 0 Å². The monoisotopic (exact) mass is 338 g/mol. The Morgan fingerprint density at radius 3 is 1.54 bits per heavy atom. The molecular weight excluding hydrogens is 320 g/mol. The molecule has 0 fully saturated rings. The van der Waals surface area contributed by atoms with E-state index in [-0.39, 0.29) is 0 Å². The van der Waals surface area contributed by atoms with Gasteiger partial charge in [-0.15, -0.1) is 0 Å². The Morgan fingerprint density at radius 1 is 0.615 bits per heavy atom. The van der Waals surface area contributed by atoms with Crippen molar-refractivity contribution < 1.29 is 0 Å². The van der Waals surface area contributed by atoms with Crippen LogP contribution in [-0.4, -0.2) is 19.9 Å². The van der Waals surface area contributed by atoms with Crippen LogP contribution in [0.25, 0.3) is 44.8 Å². The molecule has 4 nitrogen and oxygen atoms in total. The van der Waals surface area contributed by atoms with E-state index in [4.69, 9.17) is 9.97 Å². The van der Waals surface area contributed by atoms with Gasteiger partial charge in [-0.1, -0.05) is 36.4 Å². The van der Waals surface area contributed by atoms with Gasteiger partial charge >= 0.3 is 0 Å². The summed E-state index contributed by atoms with van der Waals surface area (Å²) in [4.78, 5) is 16.5. The number of benzene rings is 3. The molecule has 3 aromatic carbocycles. The number of rotatable bonds is 2. The van der Waals surface area contributed by atoms with Crippen LogP contribution in [0.1, 0.15) is 11.1 Å². The number of fused-ring (bicyclic) bond motifs is 2. The van der Waals surface area contributed by atoms with E-state index in [1.165, 1.54) is 11.1 Å². The maximum atomic E-state index is 4.78. The third-order valence-electron chi connectivity index (χ3n) is 4.71. The zero-order valence-corrected chi connectivity index (χ0v) is 14.7. The summed E-state index contributed by atoms with van der Waals surface area (Å²) in [5.74, 6) is 1.72. The van der Waals surface area contributed by atoms with Gasteiger partial charge in [0, 0.05) is 11.1 Å². The molecule has 5 aromatic rings. The fourth-order valence-corrected chi connectivity index (χ4v) is 3.40. The van der Waals surface area contributed by atoms with E-state index in [0.717, 1.165) is 44.8 Å². The second kappa shape index (κ2) is 5.56.